The third kappa shape index (κ3) is 3.41. The molecule has 0 aliphatic carbocycles. The van der Waals surface area contributed by atoms with Gasteiger partial charge in [-0.3, -0.25) is 4.79 Å². The zero-order valence-corrected chi connectivity index (χ0v) is 6.72. The fourth-order valence-electron chi connectivity index (χ4n) is 0.429. The SMILES string of the molecule is CC/C=C/C(=O)C(C)(C)O. The molecule has 0 saturated carbocycles. The Labute approximate surface area is 61.6 Å². The van der Waals surface area contributed by atoms with Crippen LogP contribution in [-0.4, -0.2) is 16.5 Å². The predicted octanol–water partition coefficient (Wildman–Crippen LogP) is 1.29. The Morgan fingerprint density at radius 2 is 2.10 bits per heavy atom. The van der Waals surface area contributed by atoms with Crippen molar-refractivity contribution >= 4 is 5.78 Å². The van der Waals surface area contributed by atoms with E-state index >= 15 is 0 Å². The highest BCUT2D eigenvalue weighted by molar-refractivity contribution is 5.95. The fraction of sp³-hybridized carbons (Fsp3) is 0.625. The summed E-state index contributed by atoms with van der Waals surface area (Å²) >= 11 is 0. The van der Waals surface area contributed by atoms with E-state index in [-0.39, 0.29) is 5.78 Å². The number of allylic oxidation sites excluding steroid dienone is 1. The molecule has 0 atom stereocenters. The van der Waals surface area contributed by atoms with Crippen molar-refractivity contribution in [1.29, 1.82) is 0 Å². The van der Waals surface area contributed by atoms with E-state index in [9.17, 15) is 4.79 Å². The molecule has 2 nitrogen and oxygen atoms in total. The largest absolute Gasteiger partial charge is 0.382 e. The standard InChI is InChI=1S/C8H14O2/c1-4-5-6-7(9)8(2,3)10/h5-6,10H,4H2,1-3H3/b6-5+. The lowest BCUT2D eigenvalue weighted by Gasteiger charge is -2.11. The minimum Gasteiger partial charge on any atom is -0.382 e. The van der Waals surface area contributed by atoms with Gasteiger partial charge in [-0.05, 0) is 26.3 Å². The van der Waals surface area contributed by atoms with Gasteiger partial charge in [-0.25, -0.2) is 0 Å². The van der Waals surface area contributed by atoms with Gasteiger partial charge in [0, 0.05) is 0 Å². The molecule has 0 unspecified atom stereocenters. The maximum atomic E-state index is 10.9. The molecule has 0 rings (SSSR count). The Morgan fingerprint density at radius 3 is 2.40 bits per heavy atom. The molecule has 0 bridgehead atoms. The smallest absolute Gasteiger partial charge is 0.186 e. The second kappa shape index (κ2) is 3.52. The summed E-state index contributed by atoms with van der Waals surface area (Å²) in [5.41, 5.74) is -1.22. The van der Waals surface area contributed by atoms with Crippen LogP contribution in [0.25, 0.3) is 0 Å². The van der Waals surface area contributed by atoms with Gasteiger partial charge in [0.2, 0.25) is 0 Å². The lowest BCUT2D eigenvalue weighted by atomic mass is 10.0. The summed E-state index contributed by atoms with van der Waals surface area (Å²) in [4.78, 5) is 10.9. The van der Waals surface area contributed by atoms with E-state index in [2.05, 4.69) is 0 Å². The van der Waals surface area contributed by atoms with Crippen LogP contribution < -0.4 is 0 Å². The maximum Gasteiger partial charge on any atom is 0.186 e. The van der Waals surface area contributed by atoms with Crippen LogP contribution in [0.2, 0.25) is 0 Å². The Bertz CT molecular complexity index is 140. The molecule has 0 saturated heterocycles. The van der Waals surface area contributed by atoms with Crippen LogP contribution in [0, 0.1) is 0 Å². The van der Waals surface area contributed by atoms with Crippen LogP contribution in [0.15, 0.2) is 12.2 Å². The zero-order chi connectivity index (χ0) is 8.20. The number of ketones is 1. The van der Waals surface area contributed by atoms with Crippen molar-refractivity contribution in [2.45, 2.75) is 32.8 Å². The van der Waals surface area contributed by atoms with Crippen LogP contribution in [0.3, 0.4) is 0 Å². The number of rotatable bonds is 3. The summed E-state index contributed by atoms with van der Waals surface area (Å²) < 4.78 is 0. The van der Waals surface area contributed by atoms with Gasteiger partial charge in [-0.15, -0.1) is 0 Å². The highest BCUT2D eigenvalue weighted by atomic mass is 16.3. The first-order chi connectivity index (χ1) is 4.48. The van der Waals surface area contributed by atoms with Crippen molar-refractivity contribution in [2.75, 3.05) is 0 Å². The van der Waals surface area contributed by atoms with E-state index in [4.69, 9.17) is 5.11 Å². The Hall–Kier alpha value is -0.630. The molecule has 0 aromatic carbocycles. The Balaban J connectivity index is 3.98. The van der Waals surface area contributed by atoms with Gasteiger partial charge in [0.05, 0.1) is 0 Å². The minimum absolute atomic E-state index is 0.241. The number of aliphatic hydroxyl groups is 1. The summed E-state index contributed by atoms with van der Waals surface area (Å²) in [6.45, 7) is 4.90. The van der Waals surface area contributed by atoms with Crippen LogP contribution in [0.1, 0.15) is 27.2 Å². The molecule has 0 aromatic heterocycles. The summed E-state index contributed by atoms with van der Waals surface area (Å²) in [5, 5.41) is 9.11. The molecule has 0 heterocycles. The molecule has 0 radical (unpaired) electrons. The van der Waals surface area contributed by atoms with Crippen molar-refractivity contribution in [1.82, 2.24) is 0 Å². The quantitative estimate of drug-likeness (QED) is 0.603. The van der Waals surface area contributed by atoms with Gasteiger partial charge in [0.25, 0.3) is 0 Å². The van der Waals surface area contributed by atoms with E-state index < -0.39 is 5.60 Å². The van der Waals surface area contributed by atoms with E-state index in [1.807, 2.05) is 6.92 Å². The van der Waals surface area contributed by atoms with Crippen molar-refractivity contribution in [3.8, 4) is 0 Å². The molecule has 0 spiro atoms. The van der Waals surface area contributed by atoms with Gasteiger partial charge in [0.15, 0.2) is 5.78 Å². The summed E-state index contributed by atoms with van der Waals surface area (Å²) in [6.07, 6.45) is 3.97. The molecule has 58 valence electrons. The van der Waals surface area contributed by atoms with Crippen LogP contribution >= 0.6 is 0 Å². The molecule has 0 aromatic rings. The van der Waals surface area contributed by atoms with Crippen molar-refractivity contribution in [3.63, 3.8) is 0 Å². The van der Waals surface area contributed by atoms with Crippen molar-refractivity contribution < 1.29 is 9.90 Å². The van der Waals surface area contributed by atoms with Gasteiger partial charge in [-0.1, -0.05) is 13.0 Å². The van der Waals surface area contributed by atoms with Gasteiger partial charge in [-0.2, -0.15) is 0 Å². The molecule has 2 heteroatoms. The molecule has 10 heavy (non-hydrogen) atoms. The number of hydrogen-bond acceptors (Lipinski definition) is 2. The summed E-state index contributed by atoms with van der Waals surface area (Å²) in [7, 11) is 0. The third-order valence-corrected chi connectivity index (χ3v) is 1.11. The second-order valence-corrected chi connectivity index (χ2v) is 2.73. The second-order valence-electron chi connectivity index (χ2n) is 2.73. The minimum atomic E-state index is -1.22. The number of carbonyl (C=O) groups is 1. The number of hydrogen-bond donors (Lipinski definition) is 1. The molecule has 1 N–H and O–H groups in total. The van der Waals surface area contributed by atoms with Gasteiger partial charge < -0.3 is 5.11 Å². The molecule has 0 fully saturated rings. The zero-order valence-electron chi connectivity index (χ0n) is 6.72. The summed E-state index contributed by atoms with van der Waals surface area (Å²) in [5.74, 6) is -0.241. The van der Waals surface area contributed by atoms with Gasteiger partial charge >= 0.3 is 0 Å². The van der Waals surface area contributed by atoms with Crippen LogP contribution in [0.5, 0.6) is 0 Å². The Kier molecular flexibility index (Phi) is 3.30. The molecular weight excluding hydrogens is 128 g/mol. The van der Waals surface area contributed by atoms with E-state index in [0.29, 0.717) is 0 Å². The topological polar surface area (TPSA) is 37.3 Å². The van der Waals surface area contributed by atoms with Crippen molar-refractivity contribution in [3.05, 3.63) is 12.2 Å². The van der Waals surface area contributed by atoms with E-state index in [0.717, 1.165) is 6.42 Å². The highest BCUT2D eigenvalue weighted by Gasteiger charge is 2.19. The molecule has 0 aliphatic heterocycles. The normalized spacial score (nSPS) is 12.4. The van der Waals surface area contributed by atoms with Crippen molar-refractivity contribution in [2.24, 2.45) is 0 Å². The lowest BCUT2D eigenvalue weighted by molar-refractivity contribution is -0.128. The molecule has 0 aliphatic rings. The third-order valence-electron chi connectivity index (χ3n) is 1.11. The first-order valence-electron chi connectivity index (χ1n) is 3.42. The Morgan fingerprint density at radius 1 is 1.60 bits per heavy atom. The average Bonchev–Trinajstić information content (AvgIpc) is 1.80. The molecule has 0 amide bonds. The summed E-state index contributed by atoms with van der Waals surface area (Å²) in [6, 6.07) is 0. The fourth-order valence-corrected chi connectivity index (χ4v) is 0.429. The average molecular weight is 142 g/mol. The maximum absolute atomic E-state index is 10.9. The highest BCUT2D eigenvalue weighted by Crippen LogP contribution is 2.03. The predicted molar refractivity (Wildman–Crippen MR) is 40.7 cm³/mol. The van der Waals surface area contributed by atoms with Gasteiger partial charge in [0.1, 0.15) is 5.60 Å². The van der Waals surface area contributed by atoms with Crippen LogP contribution in [-0.2, 0) is 4.79 Å². The lowest BCUT2D eigenvalue weighted by Crippen LogP contribution is -2.29. The molecular formula is C8H14O2. The monoisotopic (exact) mass is 142 g/mol. The first-order valence-corrected chi connectivity index (χ1v) is 3.42. The van der Waals surface area contributed by atoms with E-state index in [1.54, 1.807) is 6.08 Å². The van der Waals surface area contributed by atoms with E-state index in [1.165, 1.54) is 19.9 Å². The first kappa shape index (κ1) is 9.37. The number of carbonyl (C=O) groups excluding carboxylic acids is 1. The van der Waals surface area contributed by atoms with Crippen LogP contribution in [0.4, 0.5) is 0 Å².